The van der Waals surface area contributed by atoms with Crippen LogP contribution in [0.1, 0.15) is 39.7 Å². The van der Waals surface area contributed by atoms with Crippen molar-refractivity contribution in [3.8, 4) is 0 Å². The normalized spacial score (nSPS) is 18.6. The summed E-state index contributed by atoms with van der Waals surface area (Å²) in [6.07, 6.45) is 5.08. The summed E-state index contributed by atoms with van der Waals surface area (Å²) < 4.78 is 0. The third-order valence-electron chi connectivity index (χ3n) is 3.37. The fourth-order valence-corrected chi connectivity index (χ4v) is 2.21. The number of aromatic nitrogens is 2. The second kappa shape index (κ2) is 5.22. The van der Waals surface area contributed by atoms with Crippen molar-refractivity contribution in [2.24, 2.45) is 5.41 Å². The van der Waals surface area contributed by atoms with E-state index in [0.29, 0.717) is 11.5 Å². The minimum absolute atomic E-state index is 0.390. The molecule has 18 heavy (non-hydrogen) atoms. The van der Waals surface area contributed by atoms with Crippen molar-refractivity contribution in [2.45, 2.75) is 46.7 Å². The van der Waals surface area contributed by atoms with Gasteiger partial charge in [-0.05, 0) is 11.8 Å². The van der Waals surface area contributed by atoms with Crippen molar-refractivity contribution in [1.82, 2.24) is 15.3 Å². The Labute approximate surface area is 110 Å². The van der Waals surface area contributed by atoms with E-state index in [1.54, 1.807) is 0 Å². The zero-order valence-corrected chi connectivity index (χ0v) is 11.9. The third kappa shape index (κ3) is 3.42. The first-order valence-corrected chi connectivity index (χ1v) is 6.75. The first kappa shape index (κ1) is 13.3. The van der Waals surface area contributed by atoms with Crippen LogP contribution in [0.2, 0.25) is 0 Å². The Hall–Kier alpha value is -1.16. The Morgan fingerprint density at radius 1 is 1.33 bits per heavy atom. The molecule has 4 nitrogen and oxygen atoms in total. The number of hydrogen-bond acceptors (Lipinski definition) is 4. The zero-order chi connectivity index (χ0) is 13.2. The van der Waals surface area contributed by atoms with Crippen LogP contribution in [0, 0.1) is 5.41 Å². The van der Waals surface area contributed by atoms with Crippen molar-refractivity contribution in [2.75, 3.05) is 18.0 Å². The molecule has 0 saturated carbocycles. The average Bonchev–Trinajstić information content (AvgIpc) is 2.68. The van der Waals surface area contributed by atoms with Gasteiger partial charge in [-0.1, -0.05) is 27.7 Å². The Bertz CT molecular complexity index is 383. The van der Waals surface area contributed by atoms with Crippen molar-refractivity contribution >= 4 is 5.95 Å². The Morgan fingerprint density at radius 3 is 2.50 bits per heavy atom. The van der Waals surface area contributed by atoms with Crippen molar-refractivity contribution in [1.29, 1.82) is 0 Å². The molecule has 2 rings (SSSR count). The topological polar surface area (TPSA) is 41.1 Å². The van der Waals surface area contributed by atoms with E-state index in [1.807, 2.05) is 12.4 Å². The van der Waals surface area contributed by atoms with E-state index in [9.17, 15) is 0 Å². The molecule has 0 radical (unpaired) electrons. The molecular weight excluding hydrogens is 224 g/mol. The molecule has 0 spiro atoms. The number of rotatable bonds is 4. The summed E-state index contributed by atoms with van der Waals surface area (Å²) in [6, 6.07) is 0.490. The lowest BCUT2D eigenvalue weighted by atomic mass is 9.93. The quantitative estimate of drug-likeness (QED) is 0.887. The molecule has 2 heterocycles. The van der Waals surface area contributed by atoms with Crippen LogP contribution in [-0.4, -0.2) is 29.1 Å². The smallest absolute Gasteiger partial charge is 0.225 e. The Balaban J connectivity index is 1.96. The number of nitrogens with zero attached hydrogens (tertiary/aromatic N) is 3. The summed E-state index contributed by atoms with van der Waals surface area (Å²) in [5.41, 5.74) is 1.53. The van der Waals surface area contributed by atoms with Crippen LogP contribution in [0.5, 0.6) is 0 Å². The standard InChI is InChI=1S/C14H24N4/c1-11(2)15-7-12-8-16-13(17-9-12)18-6-5-14(3,4)10-18/h8-9,11,15H,5-7,10H2,1-4H3. The van der Waals surface area contributed by atoms with E-state index in [0.717, 1.165) is 31.1 Å². The lowest BCUT2D eigenvalue weighted by Gasteiger charge is -2.19. The lowest BCUT2D eigenvalue weighted by Crippen LogP contribution is -2.25. The average molecular weight is 248 g/mol. The van der Waals surface area contributed by atoms with Crippen LogP contribution in [0.3, 0.4) is 0 Å². The van der Waals surface area contributed by atoms with Gasteiger partial charge in [-0.3, -0.25) is 0 Å². The van der Waals surface area contributed by atoms with E-state index < -0.39 is 0 Å². The van der Waals surface area contributed by atoms with Gasteiger partial charge in [0.25, 0.3) is 0 Å². The summed E-state index contributed by atoms with van der Waals surface area (Å²) in [6.45, 7) is 11.8. The van der Waals surface area contributed by atoms with Crippen molar-refractivity contribution < 1.29 is 0 Å². The van der Waals surface area contributed by atoms with Gasteiger partial charge in [0.05, 0.1) is 0 Å². The molecule has 1 aromatic rings. The molecule has 1 aliphatic heterocycles. The van der Waals surface area contributed by atoms with Crippen LogP contribution in [-0.2, 0) is 6.54 Å². The van der Waals surface area contributed by atoms with Crippen LogP contribution in [0.15, 0.2) is 12.4 Å². The fraction of sp³-hybridized carbons (Fsp3) is 0.714. The van der Waals surface area contributed by atoms with Crippen LogP contribution < -0.4 is 10.2 Å². The van der Waals surface area contributed by atoms with E-state index in [4.69, 9.17) is 0 Å². The van der Waals surface area contributed by atoms with Crippen molar-refractivity contribution in [3.05, 3.63) is 18.0 Å². The molecule has 0 amide bonds. The summed E-state index contributed by atoms with van der Waals surface area (Å²) in [5, 5.41) is 3.37. The number of anilines is 1. The van der Waals surface area contributed by atoms with Crippen LogP contribution in [0.4, 0.5) is 5.95 Å². The van der Waals surface area contributed by atoms with Gasteiger partial charge in [0.2, 0.25) is 5.95 Å². The van der Waals surface area contributed by atoms with Gasteiger partial charge in [-0.2, -0.15) is 0 Å². The van der Waals surface area contributed by atoms with E-state index in [-0.39, 0.29) is 0 Å². The predicted molar refractivity (Wildman–Crippen MR) is 74.6 cm³/mol. The van der Waals surface area contributed by atoms with Crippen LogP contribution >= 0.6 is 0 Å². The molecule has 1 saturated heterocycles. The monoisotopic (exact) mass is 248 g/mol. The second-order valence-corrected chi connectivity index (χ2v) is 6.26. The molecule has 100 valence electrons. The highest BCUT2D eigenvalue weighted by Crippen LogP contribution is 2.30. The van der Waals surface area contributed by atoms with E-state index in [2.05, 4.69) is 47.9 Å². The number of hydrogen-bond donors (Lipinski definition) is 1. The molecule has 4 heteroatoms. The first-order chi connectivity index (χ1) is 8.46. The Kier molecular flexibility index (Phi) is 3.85. The molecule has 0 aliphatic carbocycles. The largest absolute Gasteiger partial charge is 0.340 e. The molecule has 1 N–H and O–H groups in total. The molecule has 1 aromatic heterocycles. The molecule has 1 fully saturated rings. The zero-order valence-electron chi connectivity index (χ0n) is 11.9. The fourth-order valence-electron chi connectivity index (χ4n) is 2.21. The lowest BCUT2D eigenvalue weighted by molar-refractivity contribution is 0.418. The molecule has 0 unspecified atom stereocenters. The first-order valence-electron chi connectivity index (χ1n) is 6.75. The van der Waals surface area contributed by atoms with Crippen LogP contribution in [0.25, 0.3) is 0 Å². The van der Waals surface area contributed by atoms with E-state index >= 15 is 0 Å². The van der Waals surface area contributed by atoms with Gasteiger partial charge in [-0.25, -0.2) is 9.97 Å². The minimum atomic E-state index is 0.390. The molecule has 0 aromatic carbocycles. The minimum Gasteiger partial charge on any atom is -0.340 e. The second-order valence-electron chi connectivity index (χ2n) is 6.26. The van der Waals surface area contributed by atoms with Gasteiger partial charge in [-0.15, -0.1) is 0 Å². The van der Waals surface area contributed by atoms with Gasteiger partial charge in [0, 0.05) is 43.6 Å². The molecule has 0 atom stereocenters. The van der Waals surface area contributed by atoms with Gasteiger partial charge < -0.3 is 10.2 Å². The van der Waals surface area contributed by atoms with Gasteiger partial charge >= 0.3 is 0 Å². The number of nitrogens with one attached hydrogen (secondary N) is 1. The Morgan fingerprint density at radius 2 is 2.00 bits per heavy atom. The summed E-state index contributed by atoms with van der Waals surface area (Å²) >= 11 is 0. The third-order valence-corrected chi connectivity index (χ3v) is 3.37. The molecular formula is C14H24N4. The highest BCUT2D eigenvalue weighted by molar-refractivity contribution is 5.32. The van der Waals surface area contributed by atoms with E-state index in [1.165, 1.54) is 6.42 Å². The summed E-state index contributed by atoms with van der Waals surface area (Å²) in [5.74, 6) is 0.869. The van der Waals surface area contributed by atoms with Gasteiger partial charge in [0.1, 0.15) is 0 Å². The SMILES string of the molecule is CC(C)NCc1cnc(N2CCC(C)(C)C2)nc1. The molecule has 1 aliphatic rings. The highest BCUT2D eigenvalue weighted by atomic mass is 15.3. The maximum absolute atomic E-state index is 4.48. The maximum Gasteiger partial charge on any atom is 0.225 e. The highest BCUT2D eigenvalue weighted by Gasteiger charge is 2.30. The molecule has 0 bridgehead atoms. The predicted octanol–water partition coefficient (Wildman–Crippen LogP) is 2.21. The van der Waals surface area contributed by atoms with Crippen molar-refractivity contribution in [3.63, 3.8) is 0 Å². The van der Waals surface area contributed by atoms with Gasteiger partial charge in [0.15, 0.2) is 0 Å². The summed E-state index contributed by atoms with van der Waals surface area (Å²) in [7, 11) is 0. The maximum atomic E-state index is 4.48. The summed E-state index contributed by atoms with van der Waals surface area (Å²) in [4.78, 5) is 11.2.